The molecule has 3 aromatic rings. The highest BCUT2D eigenvalue weighted by molar-refractivity contribution is 7.13. The van der Waals surface area contributed by atoms with Crippen LogP contribution in [-0.2, 0) is 9.53 Å². The van der Waals surface area contributed by atoms with Gasteiger partial charge in [0.15, 0.2) is 23.4 Å². The lowest BCUT2D eigenvalue weighted by Gasteiger charge is -2.13. The first-order valence-electron chi connectivity index (χ1n) is 7.92. The highest BCUT2D eigenvalue weighted by Gasteiger charge is 2.21. The lowest BCUT2D eigenvalue weighted by molar-refractivity contribution is -0.123. The number of hydrogen-bond donors (Lipinski definition) is 1. The van der Waals surface area contributed by atoms with Crippen molar-refractivity contribution in [3.63, 3.8) is 0 Å². The summed E-state index contributed by atoms with van der Waals surface area (Å²) in [6.07, 6.45) is -1.15. The van der Waals surface area contributed by atoms with Gasteiger partial charge >= 0.3 is 5.97 Å². The summed E-state index contributed by atoms with van der Waals surface area (Å²) in [5.74, 6) is -3.53. The van der Waals surface area contributed by atoms with Crippen LogP contribution in [0.5, 0.6) is 0 Å². The third kappa shape index (κ3) is 4.53. The summed E-state index contributed by atoms with van der Waals surface area (Å²) in [5, 5.41) is 4.56. The van der Waals surface area contributed by atoms with Gasteiger partial charge in [0.1, 0.15) is 5.01 Å². The van der Waals surface area contributed by atoms with Crippen LogP contribution in [0.2, 0.25) is 0 Å². The van der Waals surface area contributed by atoms with Crippen molar-refractivity contribution < 1.29 is 23.1 Å². The first-order valence-corrected chi connectivity index (χ1v) is 8.80. The average molecular weight is 388 g/mol. The van der Waals surface area contributed by atoms with E-state index in [2.05, 4.69) is 10.3 Å². The molecule has 0 saturated heterocycles. The first-order chi connectivity index (χ1) is 12.9. The van der Waals surface area contributed by atoms with Gasteiger partial charge in [-0.2, -0.15) is 0 Å². The molecule has 0 unspecified atom stereocenters. The lowest BCUT2D eigenvalue weighted by atomic mass is 10.2. The Morgan fingerprint density at radius 1 is 1.11 bits per heavy atom. The fourth-order valence-electron chi connectivity index (χ4n) is 2.17. The first kappa shape index (κ1) is 18.7. The van der Waals surface area contributed by atoms with Crippen molar-refractivity contribution in [2.75, 3.05) is 5.32 Å². The molecule has 0 aliphatic rings. The molecule has 0 bridgehead atoms. The van der Waals surface area contributed by atoms with E-state index in [1.54, 1.807) is 5.38 Å². The highest BCUT2D eigenvalue weighted by atomic mass is 32.1. The predicted molar refractivity (Wildman–Crippen MR) is 97.4 cm³/mol. The van der Waals surface area contributed by atoms with Gasteiger partial charge in [-0.1, -0.05) is 30.3 Å². The maximum atomic E-state index is 13.2. The van der Waals surface area contributed by atoms with Crippen LogP contribution in [-0.4, -0.2) is 23.0 Å². The molecule has 8 heteroatoms. The molecule has 0 radical (unpaired) electrons. The Bertz CT molecular complexity index is 976. The van der Waals surface area contributed by atoms with Crippen molar-refractivity contribution in [1.82, 2.24) is 4.98 Å². The summed E-state index contributed by atoms with van der Waals surface area (Å²) >= 11 is 1.28. The molecule has 0 aliphatic heterocycles. The second-order valence-electron chi connectivity index (χ2n) is 5.57. The van der Waals surface area contributed by atoms with E-state index in [0.717, 1.165) is 17.7 Å². The lowest BCUT2D eigenvalue weighted by Crippen LogP contribution is -2.30. The number of nitrogens with one attached hydrogen (secondary N) is 1. The molecule has 138 valence electrons. The minimum atomic E-state index is -1.15. The molecule has 1 amide bonds. The number of esters is 1. The van der Waals surface area contributed by atoms with Gasteiger partial charge < -0.3 is 10.1 Å². The molecule has 3 rings (SSSR count). The molecule has 0 spiro atoms. The Kier molecular flexibility index (Phi) is 5.56. The largest absolute Gasteiger partial charge is 0.448 e. The van der Waals surface area contributed by atoms with Crippen LogP contribution in [0, 0.1) is 11.6 Å². The van der Waals surface area contributed by atoms with Gasteiger partial charge in [-0.15, -0.1) is 11.3 Å². The Balaban J connectivity index is 1.62. The van der Waals surface area contributed by atoms with E-state index in [1.807, 2.05) is 30.3 Å². The van der Waals surface area contributed by atoms with Gasteiger partial charge in [0.2, 0.25) is 0 Å². The van der Waals surface area contributed by atoms with E-state index in [0.29, 0.717) is 5.01 Å². The van der Waals surface area contributed by atoms with E-state index >= 15 is 0 Å². The zero-order valence-electron chi connectivity index (χ0n) is 14.1. The summed E-state index contributed by atoms with van der Waals surface area (Å²) in [5.41, 5.74) is 1.01. The van der Waals surface area contributed by atoms with Crippen molar-refractivity contribution in [3.8, 4) is 10.6 Å². The third-order valence-corrected chi connectivity index (χ3v) is 4.47. The number of ether oxygens (including phenoxy) is 1. The summed E-state index contributed by atoms with van der Waals surface area (Å²) < 4.78 is 31.2. The van der Waals surface area contributed by atoms with Gasteiger partial charge in [-0.3, -0.25) is 4.79 Å². The molecule has 1 heterocycles. The van der Waals surface area contributed by atoms with Gasteiger partial charge in [-0.05, 0) is 19.1 Å². The fourth-order valence-corrected chi connectivity index (χ4v) is 2.97. The van der Waals surface area contributed by atoms with Crippen LogP contribution < -0.4 is 5.32 Å². The Morgan fingerprint density at radius 3 is 2.56 bits per heavy atom. The summed E-state index contributed by atoms with van der Waals surface area (Å²) in [6.45, 7) is 1.37. The Hall–Kier alpha value is -3.13. The van der Waals surface area contributed by atoms with Crippen LogP contribution in [0.15, 0.2) is 53.9 Å². The smallest absolute Gasteiger partial charge is 0.358 e. The molecule has 1 atom stereocenters. The number of anilines is 1. The average Bonchev–Trinajstić information content (AvgIpc) is 3.16. The summed E-state index contributed by atoms with van der Waals surface area (Å²) in [4.78, 5) is 28.5. The molecule has 1 aromatic heterocycles. The minimum absolute atomic E-state index is 0.0572. The highest BCUT2D eigenvalue weighted by Crippen LogP contribution is 2.23. The van der Waals surface area contributed by atoms with Gasteiger partial charge in [0.25, 0.3) is 5.91 Å². The third-order valence-electron chi connectivity index (χ3n) is 3.57. The number of thiazole rings is 1. The molecular weight excluding hydrogens is 374 g/mol. The van der Waals surface area contributed by atoms with Crippen molar-refractivity contribution >= 4 is 28.9 Å². The van der Waals surface area contributed by atoms with Crippen molar-refractivity contribution in [2.24, 2.45) is 0 Å². The summed E-state index contributed by atoms with van der Waals surface area (Å²) in [7, 11) is 0. The van der Waals surface area contributed by atoms with Crippen molar-refractivity contribution in [2.45, 2.75) is 13.0 Å². The van der Waals surface area contributed by atoms with Crippen molar-refractivity contribution in [3.05, 3.63) is 71.2 Å². The van der Waals surface area contributed by atoms with Crippen LogP contribution >= 0.6 is 11.3 Å². The number of carbonyl (C=O) groups is 2. The zero-order valence-corrected chi connectivity index (χ0v) is 14.9. The number of halogens is 2. The normalized spacial score (nSPS) is 11.7. The Morgan fingerprint density at radius 2 is 1.85 bits per heavy atom. The maximum Gasteiger partial charge on any atom is 0.358 e. The van der Waals surface area contributed by atoms with E-state index in [4.69, 9.17) is 4.74 Å². The molecule has 0 aliphatic carbocycles. The SMILES string of the molecule is C[C@H](OC(=O)c1csc(-c2ccccc2)n1)C(=O)Nc1ccc(F)c(F)c1. The van der Waals surface area contributed by atoms with Gasteiger partial charge in [-0.25, -0.2) is 18.6 Å². The van der Waals surface area contributed by atoms with E-state index in [1.165, 1.54) is 24.3 Å². The quantitative estimate of drug-likeness (QED) is 0.663. The number of rotatable bonds is 5. The van der Waals surface area contributed by atoms with Crippen LogP contribution in [0.4, 0.5) is 14.5 Å². The van der Waals surface area contributed by atoms with Crippen LogP contribution in [0.25, 0.3) is 10.6 Å². The molecule has 1 N–H and O–H groups in total. The van der Waals surface area contributed by atoms with E-state index in [-0.39, 0.29) is 11.4 Å². The number of benzene rings is 2. The summed E-state index contributed by atoms with van der Waals surface area (Å²) in [6, 6.07) is 12.3. The van der Waals surface area contributed by atoms with Gasteiger partial charge in [0.05, 0.1) is 0 Å². The number of amides is 1. The number of aromatic nitrogens is 1. The second kappa shape index (κ2) is 8.05. The second-order valence-corrected chi connectivity index (χ2v) is 6.43. The monoisotopic (exact) mass is 388 g/mol. The number of hydrogen-bond acceptors (Lipinski definition) is 5. The number of nitrogens with zero attached hydrogens (tertiary/aromatic N) is 1. The molecular formula is C19H14F2N2O3S. The molecule has 27 heavy (non-hydrogen) atoms. The minimum Gasteiger partial charge on any atom is -0.448 e. The van der Waals surface area contributed by atoms with E-state index in [9.17, 15) is 18.4 Å². The Labute approximate surface area is 157 Å². The zero-order chi connectivity index (χ0) is 19.4. The number of carbonyl (C=O) groups excluding carboxylic acids is 2. The predicted octanol–water partition coefficient (Wildman–Crippen LogP) is 4.27. The van der Waals surface area contributed by atoms with Crippen LogP contribution in [0.3, 0.4) is 0 Å². The standard InChI is InChI=1S/C19H14F2N2O3S/c1-11(17(24)22-13-7-8-14(20)15(21)9-13)26-19(25)16-10-27-18(23-16)12-5-3-2-4-6-12/h2-11H,1H3,(H,22,24)/t11-/m0/s1. The topological polar surface area (TPSA) is 68.3 Å². The molecule has 2 aromatic carbocycles. The molecule has 0 saturated carbocycles. The van der Waals surface area contributed by atoms with E-state index < -0.39 is 29.6 Å². The molecule has 5 nitrogen and oxygen atoms in total. The van der Waals surface area contributed by atoms with Crippen molar-refractivity contribution in [1.29, 1.82) is 0 Å². The van der Waals surface area contributed by atoms with Crippen LogP contribution in [0.1, 0.15) is 17.4 Å². The fraction of sp³-hybridized carbons (Fsp3) is 0.105. The van der Waals surface area contributed by atoms with Gasteiger partial charge in [0, 0.05) is 22.7 Å². The maximum absolute atomic E-state index is 13.2. The molecule has 0 fully saturated rings.